The second kappa shape index (κ2) is 8.84. The van der Waals surface area contributed by atoms with Gasteiger partial charge in [0.2, 0.25) is 0 Å². The Kier molecular flexibility index (Phi) is 6.04. The van der Waals surface area contributed by atoms with E-state index in [0.29, 0.717) is 5.56 Å². The molecule has 7 nitrogen and oxygen atoms in total. The fraction of sp³-hybridized carbons (Fsp3) is 0.250. The van der Waals surface area contributed by atoms with Crippen LogP contribution in [0.5, 0.6) is 0 Å². The van der Waals surface area contributed by atoms with E-state index in [4.69, 9.17) is 0 Å². The Labute approximate surface area is 157 Å². The van der Waals surface area contributed by atoms with Gasteiger partial charge < -0.3 is 10.2 Å². The average Bonchev–Trinajstić information content (AvgIpc) is 2.71. The first-order valence-electron chi connectivity index (χ1n) is 8.87. The number of fused-ring (bicyclic) bond motifs is 1. The van der Waals surface area contributed by atoms with Crippen LogP contribution < -0.4 is 21.1 Å². The minimum Gasteiger partial charge on any atom is -0.362 e. The van der Waals surface area contributed by atoms with Crippen molar-refractivity contribution in [1.82, 2.24) is 16.2 Å². The number of hydrazine groups is 1. The minimum atomic E-state index is -0.494. The molecule has 140 valence electrons. The first-order chi connectivity index (χ1) is 13.1. The quantitative estimate of drug-likeness (QED) is 0.689. The van der Waals surface area contributed by atoms with Gasteiger partial charge in [-0.2, -0.15) is 0 Å². The second-order valence-electron chi connectivity index (χ2n) is 6.30. The highest BCUT2D eigenvalue weighted by molar-refractivity contribution is 5.96. The molecule has 1 aliphatic rings. The summed E-state index contributed by atoms with van der Waals surface area (Å²) >= 11 is 0. The van der Waals surface area contributed by atoms with Crippen LogP contribution in [0.4, 0.5) is 5.69 Å². The summed E-state index contributed by atoms with van der Waals surface area (Å²) in [4.78, 5) is 37.8. The smallest absolute Gasteiger partial charge is 0.257 e. The van der Waals surface area contributed by atoms with Crippen LogP contribution in [-0.2, 0) is 16.0 Å². The summed E-state index contributed by atoms with van der Waals surface area (Å²) in [5, 5.41) is 2.50. The molecule has 0 fully saturated rings. The first-order valence-corrected chi connectivity index (χ1v) is 8.87. The molecule has 0 unspecified atom stereocenters. The molecule has 2 aromatic carbocycles. The SMILES string of the molecule is O=C(CNC(=O)c1ccccc1)NNC(=O)CN1CCCc2ccccc21. The van der Waals surface area contributed by atoms with Crippen molar-refractivity contribution in [2.24, 2.45) is 0 Å². The Morgan fingerprint density at radius 1 is 0.889 bits per heavy atom. The lowest BCUT2D eigenvalue weighted by Crippen LogP contribution is -2.49. The molecule has 3 N–H and O–H groups in total. The maximum atomic E-state index is 12.1. The lowest BCUT2D eigenvalue weighted by molar-refractivity contribution is -0.127. The van der Waals surface area contributed by atoms with Crippen LogP contribution >= 0.6 is 0 Å². The molecular formula is C20H22N4O3. The Bertz CT molecular complexity index is 823. The van der Waals surface area contributed by atoms with E-state index in [9.17, 15) is 14.4 Å². The molecule has 1 heterocycles. The highest BCUT2D eigenvalue weighted by Crippen LogP contribution is 2.26. The van der Waals surface area contributed by atoms with Crippen molar-refractivity contribution < 1.29 is 14.4 Å². The number of carbonyl (C=O) groups excluding carboxylic acids is 3. The number of aryl methyl sites for hydroxylation is 1. The van der Waals surface area contributed by atoms with Crippen LogP contribution in [0.25, 0.3) is 0 Å². The summed E-state index contributed by atoms with van der Waals surface area (Å²) < 4.78 is 0. The zero-order chi connectivity index (χ0) is 19.1. The molecule has 0 aliphatic carbocycles. The fourth-order valence-electron chi connectivity index (χ4n) is 3.02. The molecule has 0 saturated heterocycles. The molecule has 0 atom stereocenters. The lowest BCUT2D eigenvalue weighted by Gasteiger charge is -2.30. The number of benzene rings is 2. The van der Waals surface area contributed by atoms with Gasteiger partial charge in [0.25, 0.3) is 17.7 Å². The van der Waals surface area contributed by atoms with Crippen molar-refractivity contribution in [2.45, 2.75) is 12.8 Å². The van der Waals surface area contributed by atoms with Crippen LogP contribution in [0.3, 0.4) is 0 Å². The largest absolute Gasteiger partial charge is 0.362 e. The third-order valence-electron chi connectivity index (χ3n) is 4.33. The fourth-order valence-corrected chi connectivity index (χ4v) is 3.02. The molecule has 0 spiro atoms. The van der Waals surface area contributed by atoms with Gasteiger partial charge >= 0.3 is 0 Å². The number of amides is 3. The maximum Gasteiger partial charge on any atom is 0.257 e. The van der Waals surface area contributed by atoms with Gasteiger partial charge in [0.1, 0.15) is 0 Å². The summed E-state index contributed by atoms with van der Waals surface area (Å²) in [6.45, 7) is 0.736. The third kappa shape index (κ3) is 5.07. The van der Waals surface area contributed by atoms with E-state index in [-0.39, 0.29) is 24.9 Å². The molecule has 0 bridgehead atoms. The summed E-state index contributed by atoms with van der Waals surface area (Å²) in [6.07, 6.45) is 1.99. The topological polar surface area (TPSA) is 90.5 Å². The molecule has 3 amide bonds. The maximum absolute atomic E-state index is 12.1. The van der Waals surface area contributed by atoms with Crippen molar-refractivity contribution in [3.05, 3.63) is 65.7 Å². The van der Waals surface area contributed by atoms with Crippen LogP contribution in [0.1, 0.15) is 22.3 Å². The molecule has 1 aliphatic heterocycles. The predicted molar refractivity (Wildman–Crippen MR) is 102 cm³/mol. The van der Waals surface area contributed by atoms with Gasteiger partial charge in [-0.25, -0.2) is 0 Å². The zero-order valence-electron chi connectivity index (χ0n) is 14.9. The molecule has 2 aromatic rings. The molecule has 3 rings (SSSR count). The van der Waals surface area contributed by atoms with E-state index in [1.54, 1.807) is 30.3 Å². The number of anilines is 1. The van der Waals surface area contributed by atoms with Crippen LogP contribution in [0.15, 0.2) is 54.6 Å². The van der Waals surface area contributed by atoms with E-state index in [1.807, 2.05) is 23.1 Å². The van der Waals surface area contributed by atoms with Gasteiger partial charge in [0, 0.05) is 17.8 Å². The van der Waals surface area contributed by atoms with Crippen LogP contribution in [0, 0.1) is 0 Å². The van der Waals surface area contributed by atoms with Crippen molar-refractivity contribution in [1.29, 1.82) is 0 Å². The van der Waals surface area contributed by atoms with Gasteiger partial charge in [0.15, 0.2) is 0 Å². The summed E-state index contributed by atoms with van der Waals surface area (Å²) in [5.41, 5.74) is 7.47. The van der Waals surface area contributed by atoms with Gasteiger partial charge in [0.05, 0.1) is 13.1 Å². The highest BCUT2D eigenvalue weighted by Gasteiger charge is 2.18. The van der Waals surface area contributed by atoms with Crippen molar-refractivity contribution in [2.75, 3.05) is 24.5 Å². The Morgan fingerprint density at radius 2 is 1.59 bits per heavy atom. The average molecular weight is 366 g/mol. The number of para-hydroxylation sites is 1. The number of hydrogen-bond donors (Lipinski definition) is 3. The van der Waals surface area contributed by atoms with E-state index in [2.05, 4.69) is 22.2 Å². The van der Waals surface area contributed by atoms with Gasteiger partial charge in [-0.05, 0) is 36.6 Å². The normalized spacial score (nSPS) is 12.7. The zero-order valence-corrected chi connectivity index (χ0v) is 14.9. The Hall–Kier alpha value is -3.35. The summed E-state index contributed by atoms with van der Waals surface area (Å²) in [5.74, 6) is -1.15. The highest BCUT2D eigenvalue weighted by atomic mass is 16.2. The van der Waals surface area contributed by atoms with Gasteiger partial charge in [-0.15, -0.1) is 0 Å². The van der Waals surface area contributed by atoms with Gasteiger partial charge in [-0.3, -0.25) is 25.2 Å². The van der Waals surface area contributed by atoms with E-state index >= 15 is 0 Å². The van der Waals surface area contributed by atoms with Crippen molar-refractivity contribution in [3.63, 3.8) is 0 Å². The van der Waals surface area contributed by atoms with Gasteiger partial charge in [-0.1, -0.05) is 36.4 Å². The molecule has 0 saturated carbocycles. The Morgan fingerprint density at radius 3 is 2.41 bits per heavy atom. The molecule has 27 heavy (non-hydrogen) atoms. The standard InChI is InChI=1S/C20H22N4O3/c25-18(13-21-20(27)16-8-2-1-3-9-16)22-23-19(26)14-24-12-6-10-15-7-4-5-11-17(15)24/h1-5,7-9,11H,6,10,12-14H2,(H,21,27)(H,22,25)(H,23,26). The van der Waals surface area contributed by atoms with Crippen LogP contribution in [-0.4, -0.2) is 37.4 Å². The summed E-state index contributed by atoms with van der Waals surface area (Å²) in [7, 11) is 0. The number of nitrogens with zero attached hydrogens (tertiary/aromatic N) is 1. The molecule has 7 heteroatoms. The lowest BCUT2D eigenvalue weighted by atomic mass is 10.0. The first kappa shape index (κ1) is 18.4. The van der Waals surface area contributed by atoms with E-state index < -0.39 is 5.91 Å². The van der Waals surface area contributed by atoms with Crippen molar-refractivity contribution in [3.8, 4) is 0 Å². The van der Waals surface area contributed by atoms with Crippen molar-refractivity contribution >= 4 is 23.4 Å². The molecule has 0 radical (unpaired) electrons. The molecular weight excluding hydrogens is 344 g/mol. The minimum absolute atomic E-state index is 0.160. The number of rotatable bonds is 5. The van der Waals surface area contributed by atoms with E-state index in [1.165, 1.54) is 5.56 Å². The molecule has 0 aromatic heterocycles. The number of nitrogens with one attached hydrogen (secondary N) is 3. The number of hydrogen-bond acceptors (Lipinski definition) is 4. The second-order valence-corrected chi connectivity index (χ2v) is 6.30. The monoisotopic (exact) mass is 366 g/mol. The predicted octanol–water partition coefficient (Wildman–Crippen LogP) is 1.02. The van der Waals surface area contributed by atoms with E-state index in [0.717, 1.165) is 25.1 Å². The number of carbonyl (C=O) groups is 3. The Balaban J connectivity index is 1.42. The third-order valence-corrected chi connectivity index (χ3v) is 4.33. The summed E-state index contributed by atoms with van der Waals surface area (Å²) in [6, 6.07) is 16.6. The van der Waals surface area contributed by atoms with Crippen LogP contribution in [0.2, 0.25) is 0 Å².